The summed E-state index contributed by atoms with van der Waals surface area (Å²) in [7, 11) is 1.78. The van der Waals surface area contributed by atoms with Crippen LogP contribution in [0.5, 0.6) is 0 Å². The van der Waals surface area contributed by atoms with E-state index < -0.39 is 0 Å². The summed E-state index contributed by atoms with van der Waals surface area (Å²) in [6, 6.07) is 1.73. The molecule has 110 valence electrons. The van der Waals surface area contributed by atoms with Crippen molar-refractivity contribution in [3.05, 3.63) is 0 Å². The molecule has 0 aliphatic heterocycles. The van der Waals surface area contributed by atoms with E-state index in [1.165, 1.54) is 19.3 Å². The Labute approximate surface area is 121 Å². The lowest BCUT2D eigenvalue weighted by molar-refractivity contribution is -0.141. The lowest BCUT2D eigenvalue weighted by Crippen LogP contribution is -2.59. The number of nitrogens with two attached hydrogens (primary N) is 1. The van der Waals surface area contributed by atoms with Crippen LogP contribution in [0.3, 0.4) is 0 Å². The molecule has 0 heterocycles. The fourth-order valence-electron chi connectivity index (χ4n) is 5.39. The summed E-state index contributed by atoms with van der Waals surface area (Å²) in [5, 5.41) is 8.65. The van der Waals surface area contributed by atoms with E-state index in [4.69, 9.17) is 11.0 Å². The highest BCUT2D eigenvalue weighted by Gasteiger charge is 2.55. The molecule has 1 amide bonds. The van der Waals surface area contributed by atoms with Crippen LogP contribution in [0.25, 0.3) is 0 Å². The number of carbonyl (C=O) groups excluding carboxylic acids is 1. The van der Waals surface area contributed by atoms with Crippen molar-refractivity contribution in [3.8, 4) is 6.07 Å². The Morgan fingerprint density at radius 2 is 1.80 bits per heavy atom. The predicted octanol–water partition coefficient (Wildman–Crippen LogP) is 1.90. The zero-order valence-electron chi connectivity index (χ0n) is 12.3. The molecule has 0 spiro atoms. The maximum Gasteiger partial charge on any atom is 0.239 e. The third kappa shape index (κ3) is 2.22. The van der Waals surface area contributed by atoms with Crippen molar-refractivity contribution < 1.29 is 4.79 Å². The summed E-state index contributed by atoms with van der Waals surface area (Å²) in [5.74, 6) is 2.47. The lowest BCUT2D eigenvalue weighted by atomic mass is 9.47. The lowest BCUT2D eigenvalue weighted by Gasteiger charge is -2.58. The Kier molecular flexibility index (Phi) is 3.50. The van der Waals surface area contributed by atoms with Gasteiger partial charge in [0.2, 0.25) is 5.91 Å². The van der Waals surface area contributed by atoms with Crippen LogP contribution in [-0.4, -0.2) is 30.4 Å². The first-order chi connectivity index (χ1) is 9.54. The van der Waals surface area contributed by atoms with Gasteiger partial charge in [0.15, 0.2) is 0 Å². The van der Waals surface area contributed by atoms with Crippen LogP contribution in [0, 0.1) is 34.5 Å². The number of nitrogens with zero attached hydrogens (tertiary/aromatic N) is 2. The summed E-state index contributed by atoms with van der Waals surface area (Å²) >= 11 is 0. The Morgan fingerprint density at radius 3 is 2.25 bits per heavy atom. The maximum atomic E-state index is 12.6. The van der Waals surface area contributed by atoms with Gasteiger partial charge < -0.3 is 10.6 Å². The third-order valence-corrected chi connectivity index (χ3v) is 5.95. The van der Waals surface area contributed by atoms with Crippen molar-refractivity contribution in [2.45, 2.75) is 51.0 Å². The molecule has 4 rings (SSSR count). The van der Waals surface area contributed by atoms with Crippen molar-refractivity contribution in [2.75, 3.05) is 13.6 Å². The number of carbonyl (C=O) groups is 1. The van der Waals surface area contributed by atoms with E-state index >= 15 is 0 Å². The van der Waals surface area contributed by atoms with Crippen LogP contribution in [0.15, 0.2) is 0 Å². The van der Waals surface area contributed by atoms with Gasteiger partial charge in [0, 0.05) is 13.6 Å². The third-order valence-electron chi connectivity index (χ3n) is 5.95. The number of hydrogen-bond donors (Lipinski definition) is 1. The van der Waals surface area contributed by atoms with Gasteiger partial charge in [-0.3, -0.25) is 4.79 Å². The van der Waals surface area contributed by atoms with Gasteiger partial charge in [-0.05, 0) is 61.7 Å². The maximum absolute atomic E-state index is 12.6. The molecule has 0 aromatic heterocycles. The first kappa shape index (κ1) is 13.9. The predicted molar refractivity (Wildman–Crippen MR) is 76.4 cm³/mol. The molecule has 0 saturated heterocycles. The second-order valence-corrected chi connectivity index (χ2v) is 7.43. The van der Waals surface area contributed by atoms with E-state index in [2.05, 4.69) is 6.07 Å². The number of likely N-dealkylation sites (N-methyl/N-ethyl adjacent to an activating group) is 1. The van der Waals surface area contributed by atoms with Gasteiger partial charge in [0.05, 0.1) is 18.5 Å². The highest BCUT2D eigenvalue weighted by molar-refractivity contribution is 5.82. The van der Waals surface area contributed by atoms with E-state index in [1.807, 2.05) is 0 Å². The molecule has 1 unspecified atom stereocenters. The fraction of sp³-hybridized carbons (Fsp3) is 0.875. The fourth-order valence-corrected chi connectivity index (χ4v) is 5.39. The molecule has 4 heteroatoms. The summed E-state index contributed by atoms with van der Waals surface area (Å²) in [5.41, 5.74) is 6.48. The summed E-state index contributed by atoms with van der Waals surface area (Å²) in [4.78, 5) is 14.2. The van der Waals surface area contributed by atoms with Crippen LogP contribution >= 0.6 is 0 Å². The molecule has 20 heavy (non-hydrogen) atoms. The Hall–Kier alpha value is -1.08. The average Bonchev–Trinajstić information content (AvgIpc) is 2.41. The molecular formula is C16H25N3O. The van der Waals surface area contributed by atoms with Gasteiger partial charge in [0.1, 0.15) is 0 Å². The SMILES string of the molecule is CN(CCC#N)C(=O)C(N)C12CC3CC(CC(C3)C1)C2. The van der Waals surface area contributed by atoms with Crippen LogP contribution < -0.4 is 5.73 Å². The quantitative estimate of drug-likeness (QED) is 0.852. The Morgan fingerprint density at radius 1 is 1.30 bits per heavy atom. The zero-order chi connectivity index (χ0) is 14.3. The molecule has 1 atom stereocenters. The summed E-state index contributed by atoms with van der Waals surface area (Å²) < 4.78 is 0. The molecule has 4 aliphatic carbocycles. The van der Waals surface area contributed by atoms with Crippen LogP contribution in [0.1, 0.15) is 44.9 Å². The van der Waals surface area contributed by atoms with Crippen molar-refractivity contribution in [1.29, 1.82) is 5.26 Å². The van der Waals surface area contributed by atoms with E-state index in [-0.39, 0.29) is 17.4 Å². The first-order valence-electron chi connectivity index (χ1n) is 7.91. The minimum Gasteiger partial charge on any atom is -0.343 e. The van der Waals surface area contributed by atoms with Gasteiger partial charge >= 0.3 is 0 Å². The van der Waals surface area contributed by atoms with E-state index in [0.717, 1.165) is 37.0 Å². The van der Waals surface area contributed by atoms with Crippen molar-refractivity contribution >= 4 is 5.91 Å². The minimum atomic E-state index is -0.361. The smallest absolute Gasteiger partial charge is 0.239 e. The van der Waals surface area contributed by atoms with Crippen LogP contribution in [0.4, 0.5) is 0 Å². The summed E-state index contributed by atoms with van der Waals surface area (Å²) in [6.45, 7) is 0.495. The number of hydrogen-bond acceptors (Lipinski definition) is 3. The molecular weight excluding hydrogens is 250 g/mol. The monoisotopic (exact) mass is 275 g/mol. The Balaban J connectivity index is 1.72. The second-order valence-electron chi connectivity index (χ2n) is 7.43. The first-order valence-corrected chi connectivity index (χ1v) is 7.91. The molecule has 0 aromatic rings. The van der Waals surface area contributed by atoms with Crippen LogP contribution in [0.2, 0.25) is 0 Å². The summed E-state index contributed by atoms with van der Waals surface area (Å²) in [6.07, 6.45) is 7.93. The zero-order valence-corrected chi connectivity index (χ0v) is 12.3. The average molecular weight is 275 g/mol. The topological polar surface area (TPSA) is 70.1 Å². The largest absolute Gasteiger partial charge is 0.343 e. The van der Waals surface area contributed by atoms with Gasteiger partial charge in [-0.15, -0.1) is 0 Å². The van der Waals surface area contributed by atoms with E-state index in [0.29, 0.717) is 13.0 Å². The van der Waals surface area contributed by atoms with Crippen molar-refractivity contribution in [1.82, 2.24) is 4.90 Å². The normalized spacial score (nSPS) is 39.4. The molecule has 4 bridgehead atoms. The molecule has 4 fully saturated rings. The molecule has 0 aromatic carbocycles. The molecule has 0 radical (unpaired) electrons. The van der Waals surface area contributed by atoms with Gasteiger partial charge in [-0.1, -0.05) is 0 Å². The van der Waals surface area contributed by atoms with Gasteiger partial charge in [-0.25, -0.2) is 0 Å². The number of amides is 1. The number of nitriles is 1. The molecule has 4 saturated carbocycles. The van der Waals surface area contributed by atoms with Gasteiger partial charge in [-0.2, -0.15) is 5.26 Å². The second kappa shape index (κ2) is 5.04. The minimum absolute atomic E-state index is 0.0437. The molecule has 4 aliphatic rings. The van der Waals surface area contributed by atoms with Crippen molar-refractivity contribution in [2.24, 2.45) is 28.9 Å². The van der Waals surface area contributed by atoms with E-state index in [1.54, 1.807) is 11.9 Å². The van der Waals surface area contributed by atoms with Gasteiger partial charge in [0.25, 0.3) is 0 Å². The standard InChI is InChI=1S/C16H25N3O/c1-19(4-2-3-17)15(20)14(18)16-8-11-5-12(9-16)7-13(6-11)10-16/h11-14H,2,4-10,18H2,1H3. The van der Waals surface area contributed by atoms with Crippen LogP contribution in [-0.2, 0) is 4.79 Å². The van der Waals surface area contributed by atoms with Crippen molar-refractivity contribution in [3.63, 3.8) is 0 Å². The molecule has 2 N–H and O–H groups in total. The number of rotatable bonds is 4. The Bertz CT molecular complexity index is 404. The van der Waals surface area contributed by atoms with E-state index in [9.17, 15) is 4.79 Å². The highest BCUT2D eigenvalue weighted by atomic mass is 16.2. The highest BCUT2D eigenvalue weighted by Crippen LogP contribution is 2.61. The molecule has 4 nitrogen and oxygen atoms in total.